The zero-order valence-corrected chi connectivity index (χ0v) is 13.4. The number of aliphatic imine (C=N–C) groups is 1. The van der Waals surface area contributed by atoms with Gasteiger partial charge in [0, 0.05) is 11.8 Å². The van der Waals surface area contributed by atoms with E-state index in [2.05, 4.69) is 9.98 Å². The number of hydrogen-bond donors (Lipinski definition) is 3. The maximum Gasteiger partial charge on any atom is 0.332 e. The maximum atomic E-state index is 11.2. The van der Waals surface area contributed by atoms with Crippen LogP contribution in [0.3, 0.4) is 0 Å². The SMILES string of the molecule is C[C@]1(C(=O)O)CSC(c2ncc(OCCOCCO)cc2O)=N1. The molecule has 0 saturated heterocycles. The van der Waals surface area contributed by atoms with E-state index in [1.165, 1.54) is 30.9 Å². The molecule has 0 aromatic carbocycles. The monoisotopic (exact) mass is 342 g/mol. The topological polar surface area (TPSA) is 121 Å². The van der Waals surface area contributed by atoms with E-state index in [1.807, 2.05) is 0 Å². The van der Waals surface area contributed by atoms with E-state index in [4.69, 9.17) is 19.7 Å². The second-order valence-corrected chi connectivity index (χ2v) is 5.97. The van der Waals surface area contributed by atoms with Crippen LogP contribution in [0, 0.1) is 0 Å². The molecule has 0 aliphatic carbocycles. The molecule has 0 amide bonds. The van der Waals surface area contributed by atoms with Crippen molar-refractivity contribution in [1.29, 1.82) is 0 Å². The van der Waals surface area contributed by atoms with Crippen molar-refractivity contribution in [3.63, 3.8) is 0 Å². The molecule has 9 heteroatoms. The van der Waals surface area contributed by atoms with Crippen molar-refractivity contribution in [1.82, 2.24) is 4.98 Å². The molecule has 0 fully saturated rings. The Bertz CT molecular complexity index is 609. The lowest BCUT2D eigenvalue weighted by Gasteiger charge is -2.11. The van der Waals surface area contributed by atoms with Gasteiger partial charge in [0.1, 0.15) is 28.8 Å². The van der Waals surface area contributed by atoms with Crippen LogP contribution in [0.25, 0.3) is 0 Å². The van der Waals surface area contributed by atoms with Crippen molar-refractivity contribution in [2.75, 3.05) is 32.2 Å². The highest BCUT2D eigenvalue weighted by Gasteiger charge is 2.39. The zero-order chi connectivity index (χ0) is 16.9. The lowest BCUT2D eigenvalue weighted by atomic mass is 10.1. The molecule has 1 aromatic rings. The van der Waals surface area contributed by atoms with Crippen LogP contribution in [0.1, 0.15) is 12.6 Å². The third-order valence-corrected chi connectivity index (χ3v) is 4.34. The fourth-order valence-electron chi connectivity index (χ4n) is 1.79. The number of carbonyl (C=O) groups is 1. The van der Waals surface area contributed by atoms with Crippen molar-refractivity contribution >= 4 is 22.8 Å². The van der Waals surface area contributed by atoms with Crippen molar-refractivity contribution < 1.29 is 29.6 Å². The van der Waals surface area contributed by atoms with Crippen LogP contribution >= 0.6 is 11.8 Å². The molecule has 1 aliphatic heterocycles. The number of aliphatic hydroxyl groups is 1. The third kappa shape index (κ3) is 4.34. The van der Waals surface area contributed by atoms with Crippen LogP contribution in [0.5, 0.6) is 11.5 Å². The van der Waals surface area contributed by atoms with Crippen LogP contribution in [0.2, 0.25) is 0 Å². The molecule has 1 aliphatic rings. The first kappa shape index (κ1) is 17.5. The second-order valence-electron chi connectivity index (χ2n) is 5.01. The number of aliphatic carboxylic acids is 1. The van der Waals surface area contributed by atoms with E-state index in [-0.39, 0.29) is 31.3 Å². The number of hydrogen-bond acceptors (Lipinski definition) is 8. The molecule has 1 aromatic heterocycles. The number of aliphatic hydroxyl groups excluding tert-OH is 1. The molecular formula is C14H18N2O6S. The first-order valence-corrected chi connectivity index (χ1v) is 7.91. The molecule has 0 saturated carbocycles. The van der Waals surface area contributed by atoms with Crippen molar-refractivity contribution in [2.24, 2.45) is 4.99 Å². The second kappa shape index (κ2) is 7.62. The molecule has 2 heterocycles. The van der Waals surface area contributed by atoms with Crippen LogP contribution in [-0.2, 0) is 9.53 Å². The molecule has 0 bridgehead atoms. The highest BCUT2D eigenvalue weighted by molar-refractivity contribution is 8.14. The number of aromatic nitrogens is 1. The predicted molar refractivity (Wildman–Crippen MR) is 84.3 cm³/mol. The van der Waals surface area contributed by atoms with E-state index in [0.29, 0.717) is 23.2 Å². The van der Waals surface area contributed by atoms with Gasteiger partial charge in [-0.05, 0) is 6.92 Å². The van der Waals surface area contributed by atoms with Crippen molar-refractivity contribution in [3.8, 4) is 11.5 Å². The third-order valence-electron chi connectivity index (χ3n) is 3.08. The first-order valence-electron chi connectivity index (χ1n) is 6.93. The minimum Gasteiger partial charge on any atom is -0.505 e. The number of carboxylic acid groups (broad SMARTS) is 1. The standard InChI is InChI=1S/C14H18N2O6S/c1-14(13(19)20)8-23-12(16-14)11-10(18)6-9(7-15-11)22-5-4-21-3-2-17/h6-7,17-18H,2-5,8H2,1H3,(H,19,20)/t14-/m1/s1. The van der Waals surface area contributed by atoms with Crippen LogP contribution in [-0.4, -0.2) is 69.0 Å². The van der Waals surface area contributed by atoms with Gasteiger partial charge in [-0.25, -0.2) is 9.78 Å². The number of ether oxygens (including phenoxy) is 2. The summed E-state index contributed by atoms with van der Waals surface area (Å²) in [5.41, 5.74) is -0.961. The molecule has 1 atom stereocenters. The molecule has 2 rings (SSSR count). The van der Waals surface area contributed by atoms with Gasteiger partial charge in [0.25, 0.3) is 0 Å². The van der Waals surface area contributed by atoms with Gasteiger partial charge in [-0.1, -0.05) is 0 Å². The molecule has 0 unspecified atom stereocenters. The highest BCUT2D eigenvalue weighted by atomic mass is 32.2. The van der Waals surface area contributed by atoms with Gasteiger partial charge in [0.05, 0.1) is 26.0 Å². The van der Waals surface area contributed by atoms with E-state index in [0.717, 1.165) is 0 Å². The quantitative estimate of drug-likeness (QED) is 0.584. The maximum absolute atomic E-state index is 11.2. The number of rotatable bonds is 8. The number of nitrogens with zero attached hydrogens (tertiary/aromatic N) is 2. The summed E-state index contributed by atoms with van der Waals surface area (Å²) in [6, 6.07) is 1.40. The van der Waals surface area contributed by atoms with Gasteiger partial charge < -0.3 is 24.8 Å². The fourth-order valence-corrected chi connectivity index (χ4v) is 2.96. The summed E-state index contributed by atoms with van der Waals surface area (Å²) >= 11 is 1.24. The zero-order valence-electron chi connectivity index (χ0n) is 12.6. The van der Waals surface area contributed by atoms with Crippen LogP contribution in [0.15, 0.2) is 17.3 Å². The minimum absolute atomic E-state index is 0.0495. The summed E-state index contributed by atoms with van der Waals surface area (Å²) in [4.78, 5) is 19.4. The van der Waals surface area contributed by atoms with Crippen LogP contribution in [0.4, 0.5) is 0 Å². The van der Waals surface area contributed by atoms with Gasteiger partial charge in [0.2, 0.25) is 0 Å². The smallest absolute Gasteiger partial charge is 0.332 e. The lowest BCUT2D eigenvalue weighted by molar-refractivity contribution is -0.141. The molecule has 0 spiro atoms. The van der Waals surface area contributed by atoms with Crippen molar-refractivity contribution in [2.45, 2.75) is 12.5 Å². The summed E-state index contributed by atoms with van der Waals surface area (Å²) in [6.45, 7) is 2.28. The average Bonchev–Trinajstić information content (AvgIpc) is 2.91. The molecule has 0 radical (unpaired) electrons. The van der Waals surface area contributed by atoms with E-state index in [9.17, 15) is 9.90 Å². The minimum atomic E-state index is -1.20. The van der Waals surface area contributed by atoms with Gasteiger partial charge in [-0.2, -0.15) is 0 Å². The fraction of sp³-hybridized carbons (Fsp3) is 0.500. The van der Waals surface area contributed by atoms with Crippen LogP contribution < -0.4 is 4.74 Å². The normalized spacial score (nSPS) is 20.3. The van der Waals surface area contributed by atoms with Gasteiger partial charge in [-0.3, -0.25) is 4.99 Å². The first-order chi connectivity index (χ1) is 11.0. The lowest BCUT2D eigenvalue weighted by Crippen LogP contribution is -2.33. The summed E-state index contributed by atoms with van der Waals surface area (Å²) in [5.74, 6) is -0.482. The summed E-state index contributed by atoms with van der Waals surface area (Å²) in [7, 11) is 0. The highest BCUT2D eigenvalue weighted by Crippen LogP contribution is 2.34. The number of pyridine rings is 1. The Labute approximate surface area is 137 Å². The molecule has 8 nitrogen and oxygen atoms in total. The number of thioether (sulfide) groups is 1. The Kier molecular flexibility index (Phi) is 5.80. The summed E-state index contributed by atoms with van der Waals surface area (Å²) in [6.07, 6.45) is 1.43. The predicted octanol–water partition coefficient (Wildman–Crippen LogP) is 0.512. The summed E-state index contributed by atoms with van der Waals surface area (Å²) < 4.78 is 10.4. The van der Waals surface area contributed by atoms with Gasteiger partial charge in [-0.15, -0.1) is 11.8 Å². The number of carboxylic acids is 1. The Morgan fingerprint density at radius 2 is 2.22 bits per heavy atom. The molecule has 126 valence electrons. The molecular weight excluding hydrogens is 324 g/mol. The Balaban J connectivity index is 2.01. The Morgan fingerprint density at radius 1 is 1.43 bits per heavy atom. The van der Waals surface area contributed by atoms with Crippen molar-refractivity contribution in [3.05, 3.63) is 18.0 Å². The Hall–Kier alpha value is -1.84. The Morgan fingerprint density at radius 3 is 2.83 bits per heavy atom. The van der Waals surface area contributed by atoms with Gasteiger partial charge >= 0.3 is 5.97 Å². The molecule has 3 N–H and O–H groups in total. The molecule has 23 heavy (non-hydrogen) atoms. The average molecular weight is 342 g/mol. The van der Waals surface area contributed by atoms with E-state index >= 15 is 0 Å². The largest absolute Gasteiger partial charge is 0.505 e. The summed E-state index contributed by atoms with van der Waals surface area (Å²) in [5, 5.41) is 28.2. The van der Waals surface area contributed by atoms with E-state index < -0.39 is 11.5 Å². The van der Waals surface area contributed by atoms with Gasteiger partial charge in [0.15, 0.2) is 5.54 Å². The number of aromatic hydroxyl groups is 1. The van der Waals surface area contributed by atoms with E-state index in [1.54, 1.807) is 0 Å².